The highest BCUT2D eigenvalue weighted by molar-refractivity contribution is 5.84. The maximum atomic E-state index is 12.1. The number of nitrogens with one attached hydrogen (secondary N) is 2. The number of aliphatic hydroxyl groups is 2. The second-order valence-corrected chi connectivity index (χ2v) is 7.53. The van der Waals surface area contributed by atoms with Crippen molar-refractivity contribution in [2.45, 2.75) is 31.5 Å². The molecule has 14 nitrogen and oxygen atoms in total. The average Bonchev–Trinajstić information content (AvgIpc) is 3.58. The summed E-state index contributed by atoms with van der Waals surface area (Å²) < 4.78 is 8.54. The standard InChI is InChI=1S/C20H22N10O4/c1-3-22-16-12-17(29(9-24-12)19-14(32)13(31)15(34-19)18(33)21-2)26-20(25-16)30-8-11(27-28-30)10-6-4-5-7-23-10/h4-9,13-15,19,31-32H,3H2,1-2H3,(H,21,33)(H,22,25,26)/t13-,14+,15-,19?/m0/s1. The van der Waals surface area contributed by atoms with Crippen LogP contribution in [0.1, 0.15) is 13.2 Å². The molecule has 1 unspecified atom stereocenters. The molecule has 1 saturated heterocycles. The number of aliphatic hydroxyl groups excluding tert-OH is 2. The van der Waals surface area contributed by atoms with E-state index < -0.39 is 30.4 Å². The summed E-state index contributed by atoms with van der Waals surface area (Å²) in [7, 11) is 1.42. The Morgan fingerprint density at radius 3 is 2.76 bits per heavy atom. The minimum Gasteiger partial charge on any atom is -0.387 e. The van der Waals surface area contributed by atoms with Gasteiger partial charge in [0.15, 0.2) is 29.3 Å². The first kappa shape index (κ1) is 21.8. The van der Waals surface area contributed by atoms with Crippen molar-refractivity contribution in [3.63, 3.8) is 0 Å². The van der Waals surface area contributed by atoms with Gasteiger partial charge in [0.1, 0.15) is 17.9 Å². The molecule has 4 aromatic rings. The normalized spacial score (nSPS) is 22.2. The van der Waals surface area contributed by atoms with Crippen molar-refractivity contribution >= 4 is 22.9 Å². The van der Waals surface area contributed by atoms with Crippen LogP contribution in [0.3, 0.4) is 0 Å². The first-order valence-corrected chi connectivity index (χ1v) is 10.6. The summed E-state index contributed by atoms with van der Waals surface area (Å²) in [6, 6.07) is 5.46. The largest absolute Gasteiger partial charge is 0.387 e. The molecule has 0 radical (unpaired) electrons. The van der Waals surface area contributed by atoms with Gasteiger partial charge < -0.3 is 25.6 Å². The van der Waals surface area contributed by atoms with E-state index in [1.54, 1.807) is 18.5 Å². The Balaban J connectivity index is 1.58. The molecule has 5 heterocycles. The second-order valence-electron chi connectivity index (χ2n) is 7.53. The Bertz CT molecular complexity index is 1320. The van der Waals surface area contributed by atoms with Crippen LogP contribution in [0.4, 0.5) is 5.82 Å². The summed E-state index contributed by atoms with van der Waals surface area (Å²) in [5.74, 6) is 0.0783. The smallest absolute Gasteiger partial charge is 0.256 e. The van der Waals surface area contributed by atoms with Crippen molar-refractivity contribution in [1.29, 1.82) is 0 Å². The number of imidazole rings is 1. The van der Waals surface area contributed by atoms with Gasteiger partial charge in [0.2, 0.25) is 0 Å². The highest BCUT2D eigenvalue weighted by atomic mass is 16.6. The van der Waals surface area contributed by atoms with Gasteiger partial charge in [0, 0.05) is 19.8 Å². The fraction of sp³-hybridized carbons (Fsp3) is 0.350. The lowest BCUT2D eigenvalue weighted by atomic mass is 10.1. The topological polar surface area (TPSA) is 178 Å². The first-order valence-electron chi connectivity index (χ1n) is 10.6. The Hall–Kier alpha value is -4.01. The minimum absolute atomic E-state index is 0.191. The SMILES string of the molecule is CCNc1nc(-n2cc(-c3ccccn3)nn2)nc2c1ncn2C1O[C@H](C(=O)NC)[C@@H](O)[C@H]1O. The third kappa shape index (κ3) is 3.63. The van der Waals surface area contributed by atoms with Gasteiger partial charge in [-0.25, -0.2) is 4.98 Å². The quantitative estimate of drug-likeness (QED) is 0.281. The molecule has 4 N–H and O–H groups in total. The van der Waals surface area contributed by atoms with Crippen molar-refractivity contribution in [2.24, 2.45) is 0 Å². The molecular formula is C20H22N10O4. The number of carbonyl (C=O) groups excluding carboxylic acids is 1. The van der Waals surface area contributed by atoms with Crippen LogP contribution in [0, 0.1) is 0 Å². The van der Waals surface area contributed by atoms with Crippen molar-refractivity contribution in [3.05, 3.63) is 36.9 Å². The van der Waals surface area contributed by atoms with Crippen LogP contribution >= 0.6 is 0 Å². The van der Waals surface area contributed by atoms with Crippen LogP contribution in [0.2, 0.25) is 0 Å². The molecule has 1 aliphatic heterocycles. The molecule has 1 fully saturated rings. The maximum absolute atomic E-state index is 12.1. The van der Waals surface area contributed by atoms with Gasteiger partial charge >= 0.3 is 0 Å². The molecule has 1 aliphatic rings. The van der Waals surface area contributed by atoms with Gasteiger partial charge in [-0.2, -0.15) is 14.6 Å². The molecule has 14 heteroatoms. The van der Waals surface area contributed by atoms with Gasteiger partial charge in [-0.3, -0.25) is 14.3 Å². The van der Waals surface area contributed by atoms with Crippen molar-refractivity contribution in [1.82, 2.24) is 44.8 Å². The summed E-state index contributed by atoms with van der Waals surface area (Å²) in [6.07, 6.45) is -0.431. The number of fused-ring (bicyclic) bond motifs is 1. The number of hydrogen-bond acceptors (Lipinski definition) is 11. The third-order valence-electron chi connectivity index (χ3n) is 5.40. The minimum atomic E-state index is -1.42. The Labute approximate surface area is 192 Å². The summed E-state index contributed by atoms with van der Waals surface area (Å²) in [6.45, 7) is 2.47. The molecule has 0 aliphatic carbocycles. The number of likely N-dealkylation sites (N-methyl/N-ethyl adjacent to an activating group) is 1. The van der Waals surface area contributed by atoms with Gasteiger partial charge in [0.05, 0.1) is 18.2 Å². The fourth-order valence-corrected chi connectivity index (χ4v) is 3.73. The summed E-state index contributed by atoms with van der Waals surface area (Å²) in [5, 5.41) is 34.8. The molecule has 0 aromatic carbocycles. The van der Waals surface area contributed by atoms with Gasteiger partial charge in [-0.15, -0.1) is 5.10 Å². The van der Waals surface area contributed by atoms with Crippen LogP contribution < -0.4 is 10.6 Å². The van der Waals surface area contributed by atoms with Gasteiger partial charge in [-0.05, 0) is 19.1 Å². The van der Waals surface area contributed by atoms with Crippen LogP contribution in [-0.4, -0.2) is 87.5 Å². The van der Waals surface area contributed by atoms with Crippen molar-refractivity contribution < 1.29 is 19.7 Å². The van der Waals surface area contributed by atoms with Gasteiger partial charge in [-0.1, -0.05) is 11.3 Å². The predicted octanol–water partition coefficient (Wildman–Crippen LogP) is -0.734. The zero-order valence-corrected chi connectivity index (χ0v) is 18.3. The van der Waals surface area contributed by atoms with Crippen LogP contribution in [0.5, 0.6) is 0 Å². The number of amides is 1. The number of nitrogens with zero attached hydrogens (tertiary/aromatic N) is 8. The van der Waals surface area contributed by atoms with Crippen molar-refractivity contribution in [2.75, 3.05) is 18.9 Å². The summed E-state index contributed by atoms with van der Waals surface area (Å²) in [4.78, 5) is 29.8. The van der Waals surface area contributed by atoms with Crippen LogP contribution in [-0.2, 0) is 9.53 Å². The molecule has 176 valence electrons. The third-order valence-corrected chi connectivity index (χ3v) is 5.40. The average molecular weight is 466 g/mol. The number of carbonyl (C=O) groups is 1. The van der Waals surface area contributed by atoms with E-state index in [0.717, 1.165) is 0 Å². The summed E-state index contributed by atoms with van der Waals surface area (Å²) in [5.41, 5.74) is 1.91. The molecule has 34 heavy (non-hydrogen) atoms. The molecule has 0 spiro atoms. The lowest BCUT2D eigenvalue weighted by Gasteiger charge is -2.16. The highest BCUT2D eigenvalue weighted by Crippen LogP contribution is 2.33. The van der Waals surface area contributed by atoms with E-state index in [0.29, 0.717) is 34.9 Å². The monoisotopic (exact) mass is 466 g/mol. The number of rotatable bonds is 6. The number of hydrogen-bond donors (Lipinski definition) is 4. The lowest BCUT2D eigenvalue weighted by molar-refractivity contribution is -0.137. The Morgan fingerprint density at radius 1 is 1.18 bits per heavy atom. The second kappa shape index (κ2) is 8.74. The molecule has 5 rings (SSSR count). The molecule has 0 bridgehead atoms. The number of anilines is 1. The highest BCUT2D eigenvalue weighted by Gasteiger charge is 2.47. The van der Waals surface area contributed by atoms with Crippen LogP contribution in [0.15, 0.2) is 36.9 Å². The maximum Gasteiger partial charge on any atom is 0.256 e. The van der Waals surface area contributed by atoms with E-state index >= 15 is 0 Å². The number of aromatic nitrogens is 8. The fourth-order valence-electron chi connectivity index (χ4n) is 3.73. The Morgan fingerprint density at radius 2 is 2.03 bits per heavy atom. The van der Waals surface area contributed by atoms with E-state index in [9.17, 15) is 15.0 Å². The first-order chi connectivity index (χ1) is 16.5. The molecule has 1 amide bonds. The van der Waals surface area contributed by atoms with Crippen molar-refractivity contribution in [3.8, 4) is 17.3 Å². The van der Waals surface area contributed by atoms with E-state index in [1.807, 2.05) is 19.1 Å². The number of pyridine rings is 1. The lowest BCUT2D eigenvalue weighted by Crippen LogP contribution is -2.41. The summed E-state index contributed by atoms with van der Waals surface area (Å²) >= 11 is 0. The van der Waals surface area contributed by atoms with E-state index in [-0.39, 0.29) is 5.95 Å². The Kier molecular flexibility index (Phi) is 5.61. The van der Waals surface area contributed by atoms with E-state index in [1.165, 1.54) is 22.6 Å². The zero-order chi connectivity index (χ0) is 23.8. The molecule has 4 atom stereocenters. The zero-order valence-electron chi connectivity index (χ0n) is 18.3. The van der Waals surface area contributed by atoms with E-state index in [4.69, 9.17) is 4.74 Å². The van der Waals surface area contributed by atoms with Crippen LogP contribution in [0.25, 0.3) is 28.5 Å². The predicted molar refractivity (Wildman–Crippen MR) is 118 cm³/mol. The molecule has 0 saturated carbocycles. The number of ether oxygens (including phenoxy) is 1. The molecular weight excluding hydrogens is 444 g/mol. The van der Waals surface area contributed by atoms with Gasteiger partial charge in [0.25, 0.3) is 11.9 Å². The van der Waals surface area contributed by atoms with E-state index in [2.05, 4.69) is 40.9 Å². The molecule has 4 aromatic heterocycles.